The van der Waals surface area contributed by atoms with E-state index in [0.717, 1.165) is 17.8 Å². The number of nitrogen functional groups attached to an aromatic ring is 1. The monoisotopic (exact) mass is 273 g/mol. The molecule has 0 unspecified atom stereocenters. The van der Waals surface area contributed by atoms with Gasteiger partial charge < -0.3 is 10.5 Å². The molecular formula is C15H19N3O2. The summed E-state index contributed by atoms with van der Waals surface area (Å²) in [6.45, 7) is 2.04. The molecule has 0 bridgehead atoms. The standard InChI is InChI=1S/C15H19N3O2/c1-4-10-7-11(18(2)17-10)8-15(19)13-6-5-12(20-3)9-14(13)16/h5-7,9H,4,8,16H2,1-3H3. The van der Waals surface area contributed by atoms with Gasteiger partial charge in [0.15, 0.2) is 5.78 Å². The molecule has 1 heterocycles. The first-order valence-corrected chi connectivity index (χ1v) is 6.53. The summed E-state index contributed by atoms with van der Waals surface area (Å²) in [5.74, 6) is 0.628. The van der Waals surface area contributed by atoms with Gasteiger partial charge in [0.05, 0.1) is 19.2 Å². The average molecular weight is 273 g/mol. The van der Waals surface area contributed by atoms with Crippen LogP contribution in [0.3, 0.4) is 0 Å². The molecule has 0 amide bonds. The molecular weight excluding hydrogens is 254 g/mol. The first-order chi connectivity index (χ1) is 9.55. The molecule has 0 atom stereocenters. The Kier molecular flexibility index (Phi) is 4.08. The summed E-state index contributed by atoms with van der Waals surface area (Å²) < 4.78 is 6.83. The van der Waals surface area contributed by atoms with Crippen LogP contribution in [0.25, 0.3) is 0 Å². The molecule has 2 aromatic rings. The Morgan fingerprint density at radius 3 is 2.70 bits per heavy atom. The van der Waals surface area contributed by atoms with Crippen molar-refractivity contribution in [3.63, 3.8) is 0 Å². The van der Waals surface area contributed by atoms with Crippen LogP contribution in [0.5, 0.6) is 5.75 Å². The molecule has 20 heavy (non-hydrogen) atoms. The molecule has 0 saturated heterocycles. The van der Waals surface area contributed by atoms with Gasteiger partial charge in [0.1, 0.15) is 5.75 Å². The molecule has 2 N–H and O–H groups in total. The van der Waals surface area contributed by atoms with Gasteiger partial charge >= 0.3 is 0 Å². The van der Waals surface area contributed by atoms with Crippen LogP contribution >= 0.6 is 0 Å². The number of anilines is 1. The fraction of sp³-hybridized carbons (Fsp3) is 0.333. The van der Waals surface area contributed by atoms with Crippen molar-refractivity contribution in [2.45, 2.75) is 19.8 Å². The van der Waals surface area contributed by atoms with Crippen LogP contribution < -0.4 is 10.5 Å². The molecule has 5 nitrogen and oxygen atoms in total. The van der Waals surface area contributed by atoms with E-state index >= 15 is 0 Å². The van der Waals surface area contributed by atoms with Crippen LogP contribution in [0.2, 0.25) is 0 Å². The van der Waals surface area contributed by atoms with Gasteiger partial charge in [-0.05, 0) is 24.6 Å². The van der Waals surface area contributed by atoms with Crippen LogP contribution in [0, 0.1) is 0 Å². The largest absolute Gasteiger partial charge is 0.497 e. The predicted octanol–water partition coefficient (Wildman–Crippen LogP) is 2.00. The maximum Gasteiger partial charge on any atom is 0.170 e. The maximum atomic E-state index is 12.3. The van der Waals surface area contributed by atoms with Crippen molar-refractivity contribution in [2.75, 3.05) is 12.8 Å². The first-order valence-electron chi connectivity index (χ1n) is 6.53. The van der Waals surface area contributed by atoms with Crippen molar-refractivity contribution in [3.05, 3.63) is 41.2 Å². The van der Waals surface area contributed by atoms with Gasteiger partial charge in [-0.2, -0.15) is 5.10 Å². The van der Waals surface area contributed by atoms with Gasteiger partial charge in [0.25, 0.3) is 0 Å². The van der Waals surface area contributed by atoms with Crippen molar-refractivity contribution in [3.8, 4) is 5.75 Å². The smallest absolute Gasteiger partial charge is 0.170 e. The number of carbonyl (C=O) groups is 1. The number of aromatic nitrogens is 2. The van der Waals surface area contributed by atoms with Gasteiger partial charge in [-0.15, -0.1) is 0 Å². The molecule has 0 saturated carbocycles. The first kappa shape index (κ1) is 14.1. The van der Waals surface area contributed by atoms with E-state index in [-0.39, 0.29) is 5.78 Å². The zero-order valence-corrected chi connectivity index (χ0v) is 12.0. The van der Waals surface area contributed by atoms with E-state index in [1.807, 2.05) is 20.0 Å². The van der Waals surface area contributed by atoms with Crippen molar-refractivity contribution in [2.24, 2.45) is 7.05 Å². The minimum Gasteiger partial charge on any atom is -0.497 e. The summed E-state index contributed by atoms with van der Waals surface area (Å²) in [5, 5.41) is 4.34. The van der Waals surface area contributed by atoms with Crippen molar-refractivity contribution < 1.29 is 9.53 Å². The van der Waals surface area contributed by atoms with Crippen LogP contribution in [-0.4, -0.2) is 22.7 Å². The second kappa shape index (κ2) is 5.77. The van der Waals surface area contributed by atoms with E-state index in [4.69, 9.17) is 10.5 Å². The topological polar surface area (TPSA) is 70.1 Å². The van der Waals surface area contributed by atoms with E-state index in [1.165, 1.54) is 0 Å². The molecule has 2 rings (SSSR count). The number of nitrogens with two attached hydrogens (primary N) is 1. The summed E-state index contributed by atoms with van der Waals surface area (Å²) in [6.07, 6.45) is 1.15. The molecule has 106 valence electrons. The average Bonchev–Trinajstić information content (AvgIpc) is 2.79. The number of ketones is 1. The number of Topliss-reactive ketones (excluding diaryl/α,β-unsaturated/α-hetero) is 1. The van der Waals surface area contributed by atoms with Crippen molar-refractivity contribution in [1.29, 1.82) is 0 Å². The molecule has 0 aliphatic heterocycles. The molecule has 0 spiro atoms. The number of nitrogens with zero attached hydrogens (tertiary/aromatic N) is 2. The van der Waals surface area contributed by atoms with Crippen molar-refractivity contribution in [1.82, 2.24) is 9.78 Å². The lowest BCUT2D eigenvalue weighted by molar-refractivity contribution is 0.0991. The Labute approximate surface area is 118 Å². The summed E-state index contributed by atoms with van der Waals surface area (Å²) in [7, 11) is 3.41. The molecule has 1 aromatic heterocycles. The summed E-state index contributed by atoms with van der Waals surface area (Å²) in [6, 6.07) is 7.06. The highest BCUT2D eigenvalue weighted by molar-refractivity contribution is 6.02. The number of methoxy groups -OCH3 is 1. The number of ether oxygens (including phenoxy) is 1. The van der Waals surface area contributed by atoms with Crippen LogP contribution in [0.4, 0.5) is 5.69 Å². The Hall–Kier alpha value is -2.30. The number of benzene rings is 1. The van der Waals surface area contributed by atoms with E-state index in [0.29, 0.717) is 23.4 Å². The van der Waals surface area contributed by atoms with Gasteiger partial charge in [-0.1, -0.05) is 6.92 Å². The molecule has 5 heteroatoms. The molecule has 0 fully saturated rings. The molecule has 0 radical (unpaired) electrons. The number of hydrogen-bond donors (Lipinski definition) is 1. The quantitative estimate of drug-likeness (QED) is 0.668. The third kappa shape index (κ3) is 2.82. The van der Waals surface area contributed by atoms with E-state index in [9.17, 15) is 4.79 Å². The van der Waals surface area contributed by atoms with Gasteiger partial charge in [-0.25, -0.2) is 0 Å². The molecule has 1 aromatic carbocycles. The fourth-order valence-electron chi connectivity index (χ4n) is 2.09. The lowest BCUT2D eigenvalue weighted by Gasteiger charge is -2.07. The van der Waals surface area contributed by atoms with E-state index in [2.05, 4.69) is 5.10 Å². The third-order valence-electron chi connectivity index (χ3n) is 3.29. The summed E-state index contributed by atoms with van der Waals surface area (Å²) in [4.78, 5) is 12.3. The van der Waals surface area contributed by atoms with Crippen LogP contribution in [-0.2, 0) is 19.9 Å². The Morgan fingerprint density at radius 2 is 2.15 bits per heavy atom. The minimum atomic E-state index is -0.0178. The second-order valence-corrected chi connectivity index (χ2v) is 4.66. The Balaban J connectivity index is 2.21. The van der Waals surface area contributed by atoms with Gasteiger partial charge in [0.2, 0.25) is 0 Å². The highest BCUT2D eigenvalue weighted by Crippen LogP contribution is 2.21. The zero-order valence-electron chi connectivity index (χ0n) is 12.0. The van der Waals surface area contributed by atoms with E-state index in [1.54, 1.807) is 30.0 Å². The lowest BCUT2D eigenvalue weighted by atomic mass is 10.0. The Bertz CT molecular complexity index is 632. The van der Waals surface area contributed by atoms with Crippen LogP contribution in [0.15, 0.2) is 24.3 Å². The molecule has 0 aliphatic rings. The predicted molar refractivity (Wildman–Crippen MR) is 78.0 cm³/mol. The highest BCUT2D eigenvalue weighted by Gasteiger charge is 2.14. The fourth-order valence-corrected chi connectivity index (χ4v) is 2.09. The zero-order chi connectivity index (χ0) is 14.7. The highest BCUT2D eigenvalue weighted by atomic mass is 16.5. The number of carbonyl (C=O) groups excluding carboxylic acids is 1. The van der Waals surface area contributed by atoms with Crippen LogP contribution in [0.1, 0.15) is 28.7 Å². The maximum absolute atomic E-state index is 12.3. The van der Waals surface area contributed by atoms with Crippen molar-refractivity contribution >= 4 is 11.5 Å². The second-order valence-electron chi connectivity index (χ2n) is 4.66. The van der Waals surface area contributed by atoms with Gasteiger partial charge in [-0.3, -0.25) is 9.48 Å². The normalized spacial score (nSPS) is 10.6. The van der Waals surface area contributed by atoms with Gasteiger partial charge in [0, 0.05) is 30.1 Å². The van der Waals surface area contributed by atoms with E-state index < -0.39 is 0 Å². The SMILES string of the molecule is CCc1cc(CC(=O)c2ccc(OC)cc2N)n(C)n1. The molecule has 0 aliphatic carbocycles. The lowest BCUT2D eigenvalue weighted by Crippen LogP contribution is -2.10. The minimum absolute atomic E-state index is 0.0178. The Morgan fingerprint density at radius 1 is 1.40 bits per heavy atom. The number of hydrogen-bond acceptors (Lipinski definition) is 4. The summed E-state index contributed by atoms with van der Waals surface area (Å²) in [5.41, 5.74) is 8.73. The third-order valence-corrected chi connectivity index (χ3v) is 3.29. The number of aryl methyl sites for hydroxylation is 2. The number of rotatable bonds is 5. The summed E-state index contributed by atoms with van der Waals surface area (Å²) >= 11 is 0.